The van der Waals surface area contributed by atoms with Gasteiger partial charge in [0.05, 0.1) is 6.10 Å². The maximum absolute atomic E-state index is 10.8. The lowest BCUT2D eigenvalue weighted by Crippen LogP contribution is -2.39. The van der Waals surface area contributed by atoms with E-state index in [4.69, 9.17) is 14.2 Å². The van der Waals surface area contributed by atoms with Gasteiger partial charge in [-0.2, -0.15) is 0 Å². The van der Waals surface area contributed by atoms with Gasteiger partial charge < -0.3 is 19.3 Å². The molecule has 1 rings (SSSR count). The molecule has 15 heavy (non-hydrogen) atoms. The monoisotopic (exact) mass is 218 g/mol. The number of rotatable bonds is 2. The molecule has 0 aliphatic carbocycles. The molecule has 1 heterocycles. The molecule has 86 valence electrons. The molecule has 1 aliphatic rings. The first-order chi connectivity index (χ1) is 6.91. The second-order valence-electron chi connectivity index (χ2n) is 3.38. The van der Waals surface area contributed by atoms with E-state index in [-0.39, 0.29) is 0 Å². The highest BCUT2D eigenvalue weighted by Crippen LogP contribution is 2.25. The molecule has 0 aromatic heterocycles. The zero-order chi connectivity index (χ0) is 11.6. The Bertz CT molecular complexity index is 237. The molecule has 0 amide bonds. The second-order valence-corrected chi connectivity index (χ2v) is 3.38. The first kappa shape index (κ1) is 11.9. The zero-order valence-corrected chi connectivity index (χ0v) is 8.80. The highest BCUT2D eigenvalue weighted by Gasteiger charge is 2.46. The van der Waals surface area contributed by atoms with Gasteiger partial charge in [-0.05, 0) is 6.92 Å². The van der Waals surface area contributed by atoms with Crippen molar-refractivity contribution >= 4 is 11.9 Å². The van der Waals surface area contributed by atoms with Crippen molar-refractivity contribution in [1.29, 1.82) is 0 Å². The van der Waals surface area contributed by atoms with Crippen molar-refractivity contribution < 1.29 is 28.9 Å². The van der Waals surface area contributed by atoms with Crippen LogP contribution in [0, 0.1) is 0 Å². The molecule has 1 N–H and O–H groups in total. The Labute approximate surface area is 87.1 Å². The van der Waals surface area contributed by atoms with Crippen LogP contribution in [0.1, 0.15) is 20.8 Å². The van der Waals surface area contributed by atoms with Crippen molar-refractivity contribution in [1.82, 2.24) is 0 Å². The van der Waals surface area contributed by atoms with Crippen molar-refractivity contribution in [2.45, 2.75) is 45.4 Å². The number of carbonyl (C=O) groups is 2. The number of esters is 2. The van der Waals surface area contributed by atoms with E-state index in [2.05, 4.69) is 0 Å². The van der Waals surface area contributed by atoms with Crippen molar-refractivity contribution in [3.05, 3.63) is 0 Å². The Morgan fingerprint density at radius 2 is 1.60 bits per heavy atom. The van der Waals surface area contributed by atoms with Crippen LogP contribution in [-0.4, -0.2) is 41.6 Å². The first-order valence-corrected chi connectivity index (χ1v) is 4.59. The van der Waals surface area contributed by atoms with Crippen molar-refractivity contribution in [3.8, 4) is 0 Å². The van der Waals surface area contributed by atoms with Crippen LogP contribution in [0.2, 0.25) is 0 Å². The second kappa shape index (κ2) is 4.59. The van der Waals surface area contributed by atoms with Gasteiger partial charge >= 0.3 is 11.9 Å². The maximum atomic E-state index is 10.8. The van der Waals surface area contributed by atoms with E-state index < -0.39 is 36.5 Å². The van der Waals surface area contributed by atoms with Crippen LogP contribution in [0.4, 0.5) is 0 Å². The summed E-state index contributed by atoms with van der Waals surface area (Å²) in [5, 5.41) is 9.40. The molecule has 0 spiro atoms. The summed E-state index contributed by atoms with van der Waals surface area (Å²) in [6.07, 6.45) is -3.48. The smallest absolute Gasteiger partial charge is 0.303 e. The van der Waals surface area contributed by atoms with Crippen molar-refractivity contribution in [2.75, 3.05) is 0 Å². The van der Waals surface area contributed by atoms with Gasteiger partial charge in [0.25, 0.3) is 0 Å². The third kappa shape index (κ3) is 2.90. The van der Waals surface area contributed by atoms with Gasteiger partial charge in [0.2, 0.25) is 0 Å². The number of ether oxygens (including phenoxy) is 3. The molecular weight excluding hydrogens is 204 g/mol. The summed E-state index contributed by atoms with van der Waals surface area (Å²) in [6.45, 7) is 4.07. The van der Waals surface area contributed by atoms with Crippen LogP contribution in [0.25, 0.3) is 0 Å². The highest BCUT2D eigenvalue weighted by molar-refractivity contribution is 5.67. The van der Waals surface area contributed by atoms with Crippen LogP contribution in [0.15, 0.2) is 0 Å². The van der Waals surface area contributed by atoms with E-state index in [0.717, 1.165) is 0 Å². The fraction of sp³-hybridized carbons (Fsp3) is 0.778. The van der Waals surface area contributed by atoms with Gasteiger partial charge in [0, 0.05) is 13.8 Å². The Morgan fingerprint density at radius 3 is 2.07 bits per heavy atom. The van der Waals surface area contributed by atoms with Crippen molar-refractivity contribution in [3.63, 3.8) is 0 Å². The topological polar surface area (TPSA) is 82.1 Å². The van der Waals surface area contributed by atoms with Gasteiger partial charge in [-0.1, -0.05) is 0 Å². The van der Waals surface area contributed by atoms with Gasteiger partial charge in [0.1, 0.15) is 0 Å². The van der Waals surface area contributed by atoms with E-state index in [1.807, 2.05) is 0 Å². The summed E-state index contributed by atoms with van der Waals surface area (Å²) in [6, 6.07) is 0. The lowest BCUT2D eigenvalue weighted by atomic mass is 10.1. The summed E-state index contributed by atoms with van der Waals surface area (Å²) in [5.74, 6) is -1.07. The summed E-state index contributed by atoms with van der Waals surface area (Å²) >= 11 is 0. The van der Waals surface area contributed by atoms with Crippen LogP contribution in [-0.2, 0) is 23.8 Å². The maximum Gasteiger partial charge on any atom is 0.303 e. The zero-order valence-electron chi connectivity index (χ0n) is 8.80. The summed E-state index contributed by atoms with van der Waals surface area (Å²) in [4.78, 5) is 21.5. The normalized spacial score (nSPS) is 34.9. The van der Waals surface area contributed by atoms with Gasteiger partial charge in [-0.15, -0.1) is 0 Å². The Morgan fingerprint density at radius 1 is 1.13 bits per heavy atom. The minimum absolute atomic E-state index is 0.506. The van der Waals surface area contributed by atoms with Crippen molar-refractivity contribution in [2.24, 2.45) is 0 Å². The van der Waals surface area contributed by atoms with Gasteiger partial charge in [-0.25, -0.2) is 0 Å². The SMILES string of the molecule is CC(=O)O[C@@H]1[C@H](OC(C)=O)[C@H](O)O[C@@H]1C. The molecule has 0 aromatic rings. The fourth-order valence-corrected chi connectivity index (χ4v) is 1.48. The highest BCUT2D eigenvalue weighted by atomic mass is 16.7. The van der Waals surface area contributed by atoms with Crippen LogP contribution >= 0.6 is 0 Å². The molecule has 1 saturated heterocycles. The van der Waals surface area contributed by atoms with E-state index in [1.165, 1.54) is 13.8 Å². The van der Waals surface area contributed by atoms with E-state index in [9.17, 15) is 14.7 Å². The minimum Gasteiger partial charge on any atom is -0.456 e. The lowest BCUT2D eigenvalue weighted by Gasteiger charge is -2.20. The molecule has 1 fully saturated rings. The minimum atomic E-state index is -1.26. The van der Waals surface area contributed by atoms with E-state index >= 15 is 0 Å². The van der Waals surface area contributed by atoms with Gasteiger partial charge in [0.15, 0.2) is 18.5 Å². The third-order valence-corrected chi connectivity index (χ3v) is 2.03. The summed E-state index contributed by atoms with van der Waals surface area (Å²) in [5.41, 5.74) is 0. The molecule has 6 heteroatoms. The quantitative estimate of drug-likeness (QED) is 0.634. The van der Waals surface area contributed by atoms with Gasteiger partial charge in [-0.3, -0.25) is 9.59 Å². The Kier molecular flexibility index (Phi) is 3.65. The molecule has 4 atom stereocenters. The van der Waals surface area contributed by atoms with Crippen LogP contribution in [0.3, 0.4) is 0 Å². The molecule has 0 saturated carbocycles. The Balaban J connectivity index is 2.70. The number of carbonyl (C=O) groups excluding carboxylic acids is 2. The summed E-state index contributed by atoms with van der Waals surface area (Å²) < 4.78 is 14.7. The van der Waals surface area contributed by atoms with E-state index in [1.54, 1.807) is 6.92 Å². The molecule has 0 aromatic carbocycles. The largest absolute Gasteiger partial charge is 0.456 e. The molecular formula is C9H14O6. The third-order valence-electron chi connectivity index (χ3n) is 2.03. The molecule has 0 radical (unpaired) electrons. The number of hydrogen-bond donors (Lipinski definition) is 1. The average Bonchev–Trinajstić information content (AvgIpc) is 2.30. The standard InChI is InChI=1S/C9H14O6/c1-4-7(14-5(2)10)8(9(12)13-4)15-6(3)11/h4,7-9,12H,1-3H3/t4-,7+,8+,9-/m1/s1. The molecule has 0 bridgehead atoms. The molecule has 6 nitrogen and oxygen atoms in total. The Hall–Kier alpha value is -1.14. The fourth-order valence-electron chi connectivity index (χ4n) is 1.48. The molecule has 0 unspecified atom stereocenters. The van der Waals surface area contributed by atoms with E-state index in [0.29, 0.717) is 0 Å². The number of aliphatic hydroxyl groups excluding tert-OH is 1. The molecule has 1 aliphatic heterocycles. The summed E-state index contributed by atoms with van der Waals surface area (Å²) in [7, 11) is 0. The number of aliphatic hydroxyl groups is 1. The predicted molar refractivity (Wildman–Crippen MR) is 47.7 cm³/mol. The van der Waals surface area contributed by atoms with Crippen LogP contribution in [0.5, 0.6) is 0 Å². The van der Waals surface area contributed by atoms with Crippen LogP contribution < -0.4 is 0 Å². The lowest BCUT2D eigenvalue weighted by molar-refractivity contribution is -0.174. The predicted octanol–water partition coefficient (Wildman–Crippen LogP) is -0.413. The first-order valence-electron chi connectivity index (χ1n) is 4.59. The average molecular weight is 218 g/mol. The number of hydrogen-bond acceptors (Lipinski definition) is 6.